The van der Waals surface area contributed by atoms with Crippen molar-refractivity contribution in [1.82, 2.24) is 0 Å². The molecule has 34 heavy (non-hydrogen) atoms. The average molecular weight is 507 g/mol. The predicted octanol–water partition coefficient (Wildman–Crippen LogP) is 9.76. The lowest BCUT2D eigenvalue weighted by Gasteiger charge is -2.18. The molecule has 6 heteroatoms. The fraction of sp³-hybridized carbons (Fsp3) is 1.00. The predicted molar refractivity (Wildman–Crippen MR) is 145 cm³/mol. The van der Waals surface area contributed by atoms with Crippen molar-refractivity contribution < 1.29 is 23.2 Å². The van der Waals surface area contributed by atoms with E-state index in [0.29, 0.717) is 32.7 Å². The van der Waals surface area contributed by atoms with Gasteiger partial charge in [0.2, 0.25) is 0 Å². The van der Waals surface area contributed by atoms with Gasteiger partial charge in [-0.2, -0.15) is 0 Å². The zero-order valence-corrected chi connectivity index (χ0v) is 23.8. The van der Waals surface area contributed by atoms with Crippen LogP contribution in [0.15, 0.2) is 0 Å². The Kier molecular flexibility index (Phi) is 27.7. The molecule has 0 saturated heterocycles. The van der Waals surface area contributed by atoms with E-state index in [-0.39, 0.29) is 6.61 Å². The Hall–Kier alpha value is 0.0700. The van der Waals surface area contributed by atoms with Crippen LogP contribution in [0.1, 0.15) is 155 Å². The number of phosphoric acid groups is 1. The highest BCUT2D eigenvalue weighted by Gasteiger charge is 2.26. The number of hydrogen-bond acceptors (Lipinski definition) is 5. The maximum Gasteiger partial charge on any atom is 0.474 e. The van der Waals surface area contributed by atoms with Crippen LogP contribution >= 0.6 is 7.82 Å². The highest BCUT2D eigenvalue weighted by atomic mass is 31.2. The maximum absolute atomic E-state index is 13.0. The van der Waals surface area contributed by atoms with Crippen molar-refractivity contribution in [1.29, 1.82) is 0 Å². The molecule has 0 atom stereocenters. The average Bonchev–Trinajstić information content (AvgIpc) is 2.84. The Balaban J connectivity index is 3.87. The van der Waals surface area contributed by atoms with Gasteiger partial charge in [0.05, 0.1) is 19.8 Å². The van der Waals surface area contributed by atoms with Crippen molar-refractivity contribution in [2.45, 2.75) is 155 Å². The van der Waals surface area contributed by atoms with E-state index in [1.165, 1.54) is 103 Å². The quantitative estimate of drug-likeness (QED) is 0.0807. The minimum absolute atomic E-state index is 0.118. The summed E-state index contributed by atoms with van der Waals surface area (Å²) in [6.45, 7) is 5.77. The number of aliphatic hydroxyl groups is 1. The third kappa shape index (κ3) is 25.2. The van der Waals surface area contributed by atoms with Crippen molar-refractivity contribution in [3.63, 3.8) is 0 Å². The monoisotopic (exact) mass is 506 g/mol. The van der Waals surface area contributed by atoms with Crippen molar-refractivity contribution in [3.05, 3.63) is 0 Å². The summed E-state index contributed by atoms with van der Waals surface area (Å²) in [4.78, 5) is 0. The first-order valence-corrected chi connectivity index (χ1v) is 16.3. The van der Waals surface area contributed by atoms with Gasteiger partial charge in [-0.15, -0.1) is 0 Å². The van der Waals surface area contributed by atoms with Gasteiger partial charge in [0.25, 0.3) is 0 Å². The fourth-order valence-corrected chi connectivity index (χ4v) is 5.32. The van der Waals surface area contributed by atoms with Crippen LogP contribution in [0.4, 0.5) is 0 Å². The number of aliphatic hydroxyl groups excluding tert-OH is 1. The first-order chi connectivity index (χ1) is 16.7. The zero-order chi connectivity index (χ0) is 25.0. The number of hydrogen-bond donors (Lipinski definition) is 1. The Bertz CT molecular complexity index is 403. The molecule has 0 radical (unpaired) electrons. The molecule has 0 unspecified atom stereocenters. The van der Waals surface area contributed by atoms with Gasteiger partial charge >= 0.3 is 7.82 Å². The number of rotatable bonds is 29. The summed E-state index contributed by atoms with van der Waals surface area (Å²) in [7, 11) is -3.50. The first-order valence-electron chi connectivity index (χ1n) is 14.8. The molecular formula is C28H59O5P. The molecule has 0 aromatic heterocycles. The van der Waals surface area contributed by atoms with Crippen molar-refractivity contribution in [3.8, 4) is 0 Å². The summed E-state index contributed by atoms with van der Waals surface area (Å²) in [5, 5.41) is 8.94. The van der Waals surface area contributed by atoms with E-state index < -0.39 is 7.82 Å². The molecule has 206 valence electrons. The van der Waals surface area contributed by atoms with Crippen LogP contribution in [0.3, 0.4) is 0 Å². The van der Waals surface area contributed by atoms with E-state index in [1.807, 2.05) is 0 Å². The Labute approximate surface area is 212 Å². The zero-order valence-electron chi connectivity index (χ0n) is 22.9. The van der Waals surface area contributed by atoms with Gasteiger partial charge in [-0.3, -0.25) is 13.6 Å². The van der Waals surface area contributed by atoms with E-state index >= 15 is 0 Å². The van der Waals surface area contributed by atoms with Crippen LogP contribution in [0.25, 0.3) is 0 Å². The standard InChI is InChI=1S/C28H59O5P/c1-3-5-7-9-11-13-15-17-19-22-26-31-34(30,33-28-24-21-25-29)32-27-23-20-18-16-14-12-10-8-6-4-2/h29H,3-28H2,1-2H3. The summed E-state index contributed by atoms with van der Waals surface area (Å²) >= 11 is 0. The molecule has 0 aromatic rings. The molecule has 0 saturated carbocycles. The molecule has 0 aromatic carbocycles. The van der Waals surface area contributed by atoms with E-state index in [4.69, 9.17) is 18.7 Å². The van der Waals surface area contributed by atoms with E-state index in [9.17, 15) is 4.57 Å². The Morgan fingerprint density at radius 3 is 1.00 bits per heavy atom. The normalized spacial score (nSPS) is 12.0. The Morgan fingerprint density at radius 2 is 0.706 bits per heavy atom. The molecule has 1 N–H and O–H groups in total. The fourth-order valence-electron chi connectivity index (χ4n) is 4.03. The summed E-state index contributed by atoms with van der Waals surface area (Å²) in [5.41, 5.74) is 0. The molecular weight excluding hydrogens is 447 g/mol. The second-order valence-electron chi connectivity index (χ2n) is 9.74. The molecule has 0 spiro atoms. The first kappa shape index (κ1) is 34.1. The van der Waals surface area contributed by atoms with Crippen LogP contribution in [0.2, 0.25) is 0 Å². The summed E-state index contributed by atoms with van der Waals surface area (Å²) in [6.07, 6.45) is 26.4. The largest absolute Gasteiger partial charge is 0.474 e. The number of phosphoric ester groups is 1. The summed E-state index contributed by atoms with van der Waals surface area (Å²) in [5.74, 6) is 0. The van der Waals surface area contributed by atoms with Crippen molar-refractivity contribution in [2.75, 3.05) is 26.4 Å². The molecule has 0 aliphatic heterocycles. The highest BCUT2D eigenvalue weighted by Crippen LogP contribution is 2.50. The molecule has 0 heterocycles. The Morgan fingerprint density at radius 1 is 0.441 bits per heavy atom. The van der Waals surface area contributed by atoms with Crippen LogP contribution < -0.4 is 0 Å². The molecule has 0 bridgehead atoms. The van der Waals surface area contributed by atoms with Gasteiger partial charge in [0, 0.05) is 6.61 Å². The van der Waals surface area contributed by atoms with Crippen molar-refractivity contribution in [2.24, 2.45) is 0 Å². The van der Waals surface area contributed by atoms with Gasteiger partial charge in [-0.05, 0) is 25.7 Å². The van der Waals surface area contributed by atoms with Crippen LogP contribution in [-0.4, -0.2) is 31.5 Å². The maximum atomic E-state index is 13.0. The van der Waals surface area contributed by atoms with E-state index in [1.54, 1.807) is 0 Å². The van der Waals surface area contributed by atoms with E-state index in [2.05, 4.69) is 13.8 Å². The smallest absolute Gasteiger partial charge is 0.396 e. The van der Waals surface area contributed by atoms with Gasteiger partial charge < -0.3 is 5.11 Å². The molecule has 0 aliphatic rings. The van der Waals surface area contributed by atoms with Gasteiger partial charge in [0.1, 0.15) is 0 Å². The minimum Gasteiger partial charge on any atom is -0.396 e. The highest BCUT2D eigenvalue weighted by molar-refractivity contribution is 7.48. The van der Waals surface area contributed by atoms with E-state index in [0.717, 1.165) is 25.7 Å². The van der Waals surface area contributed by atoms with Crippen LogP contribution in [-0.2, 0) is 18.1 Å². The van der Waals surface area contributed by atoms with Gasteiger partial charge in [0.15, 0.2) is 0 Å². The second kappa shape index (κ2) is 27.7. The van der Waals surface area contributed by atoms with Gasteiger partial charge in [-0.25, -0.2) is 4.57 Å². The third-order valence-corrected chi connectivity index (χ3v) is 7.79. The molecule has 0 rings (SSSR count). The lowest BCUT2D eigenvalue weighted by Crippen LogP contribution is -2.04. The lowest BCUT2D eigenvalue weighted by atomic mass is 10.1. The molecule has 0 amide bonds. The molecule has 0 aliphatic carbocycles. The number of unbranched alkanes of at least 4 members (excludes halogenated alkanes) is 19. The second-order valence-corrected chi connectivity index (χ2v) is 11.4. The molecule has 0 fully saturated rings. The topological polar surface area (TPSA) is 65.0 Å². The van der Waals surface area contributed by atoms with Crippen molar-refractivity contribution >= 4 is 7.82 Å². The van der Waals surface area contributed by atoms with Gasteiger partial charge in [-0.1, -0.05) is 129 Å². The summed E-state index contributed by atoms with van der Waals surface area (Å²) in [6, 6.07) is 0. The lowest BCUT2D eigenvalue weighted by molar-refractivity contribution is 0.107. The molecule has 5 nitrogen and oxygen atoms in total. The minimum atomic E-state index is -3.50. The third-order valence-electron chi connectivity index (χ3n) is 6.30. The van der Waals surface area contributed by atoms with Crippen LogP contribution in [0, 0.1) is 0 Å². The van der Waals surface area contributed by atoms with Crippen LogP contribution in [0.5, 0.6) is 0 Å². The summed E-state index contributed by atoms with van der Waals surface area (Å²) < 4.78 is 29.7. The SMILES string of the molecule is CCCCCCCCCCCCOP(=O)(OCCCCO)OCCCCCCCCCCCC.